The molecule has 0 N–H and O–H groups in total. The second-order valence-corrected chi connectivity index (χ2v) is 7.96. The average Bonchev–Trinajstić information content (AvgIpc) is 2.65. The highest BCUT2D eigenvalue weighted by Gasteiger charge is 2.55. The van der Waals surface area contributed by atoms with E-state index in [-0.39, 0.29) is 12.0 Å². The zero-order chi connectivity index (χ0) is 17.4. The third-order valence-electron chi connectivity index (χ3n) is 5.77. The summed E-state index contributed by atoms with van der Waals surface area (Å²) in [5, 5.41) is 0. The Hall–Kier alpha value is -1.36. The Kier molecular flexibility index (Phi) is 4.61. The lowest BCUT2D eigenvalue weighted by atomic mass is 9.78. The Morgan fingerprint density at radius 2 is 1.76 bits per heavy atom. The van der Waals surface area contributed by atoms with Crippen molar-refractivity contribution in [1.29, 1.82) is 0 Å². The first-order chi connectivity index (χ1) is 12.1. The second kappa shape index (κ2) is 6.75. The minimum atomic E-state index is -1.16. The standard InChI is InChI=1S/C20H25ClN2O2/c1-22-11-13-23(14-12-22)18-16-9-5-6-10-17(16)25-19(24)20(18,21)15-7-3-2-4-8-15/h2-4,7-8,18H,5-6,9-14H2,1H3/t18-,20-/m0/s1. The lowest BCUT2D eigenvalue weighted by Crippen LogP contribution is -2.60. The Labute approximate surface area is 154 Å². The highest BCUT2D eigenvalue weighted by molar-refractivity contribution is 6.35. The van der Waals surface area contributed by atoms with Crippen molar-refractivity contribution < 1.29 is 9.53 Å². The number of nitrogens with zero attached hydrogens (tertiary/aromatic N) is 2. The quantitative estimate of drug-likeness (QED) is 0.599. The number of ether oxygens (including phenoxy) is 1. The number of alkyl halides is 1. The van der Waals surface area contributed by atoms with Gasteiger partial charge in [0, 0.05) is 32.6 Å². The molecule has 1 saturated heterocycles. The van der Waals surface area contributed by atoms with Gasteiger partial charge in [-0.15, -0.1) is 0 Å². The van der Waals surface area contributed by atoms with Crippen molar-refractivity contribution >= 4 is 17.6 Å². The molecule has 0 amide bonds. The van der Waals surface area contributed by atoms with Crippen molar-refractivity contribution in [3.63, 3.8) is 0 Å². The van der Waals surface area contributed by atoms with Gasteiger partial charge < -0.3 is 9.64 Å². The minimum Gasteiger partial charge on any atom is -0.429 e. The fourth-order valence-electron chi connectivity index (χ4n) is 4.35. The summed E-state index contributed by atoms with van der Waals surface area (Å²) in [5.74, 6) is 0.567. The monoisotopic (exact) mass is 360 g/mol. The van der Waals surface area contributed by atoms with Crippen LogP contribution in [0.2, 0.25) is 0 Å². The van der Waals surface area contributed by atoms with Crippen LogP contribution in [0.3, 0.4) is 0 Å². The van der Waals surface area contributed by atoms with Crippen LogP contribution in [-0.2, 0) is 14.4 Å². The van der Waals surface area contributed by atoms with Gasteiger partial charge in [0.25, 0.3) is 0 Å². The van der Waals surface area contributed by atoms with Crippen LogP contribution < -0.4 is 0 Å². The van der Waals surface area contributed by atoms with Gasteiger partial charge in [0.1, 0.15) is 5.76 Å². The number of rotatable bonds is 2. The molecule has 2 atom stereocenters. The molecule has 1 aromatic rings. The summed E-state index contributed by atoms with van der Waals surface area (Å²) >= 11 is 7.14. The van der Waals surface area contributed by atoms with Crippen LogP contribution >= 0.6 is 11.6 Å². The summed E-state index contributed by atoms with van der Waals surface area (Å²) < 4.78 is 5.77. The van der Waals surface area contributed by atoms with Crippen LogP contribution in [0, 0.1) is 0 Å². The minimum absolute atomic E-state index is 0.109. The first kappa shape index (κ1) is 17.1. The molecule has 0 bridgehead atoms. The maximum Gasteiger partial charge on any atom is 0.338 e. The maximum absolute atomic E-state index is 13.1. The Morgan fingerprint density at radius 3 is 2.48 bits per heavy atom. The van der Waals surface area contributed by atoms with E-state index in [9.17, 15) is 4.79 Å². The number of halogens is 1. The molecule has 1 fully saturated rings. The van der Waals surface area contributed by atoms with E-state index in [0.717, 1.165) is 63.2 Å². The summed E-state index contributed by atoms with van der Waals surface area (Å²) in [5.41, 5.74) is 2.08. The molecular formula is C20H25ClN2O2. The van der Waals surface area contributed by atoms with Crippen molar-refractivity contribution in [1.82, 2.24) is 9.80 Å². The fourth-order valence-corrected chi connectivity index (χ4v) is 4.79. The summed E-state index contributed by atoms with van der Waals surface area (Å²) in [4.78, 5) is 16.6. The highest BCUT2D eigenvalue weighted by atomic mass is 35.5. The molecule has 2 aliphatic heterocycles. The Morgan fingerprint density at radius 1 is 1.08 bits per heavy atom. The molecule has 0 unspecified atom stereocenters. The van der Waals surface area contributed by atoms with Gasteiger partial charge in [-0.1, -0.05) is 41.9 Å². The van der Waals surface area contributed by atoms with Crippen molar-refractivity contribution in [2.24, 2.45) is 0 Å². The van der Waals surface area contributed by atoms with Gasteiger partial charge in [0.15, 0.2) is 4.87 Å². The molecule has 1 aromatic carbocycles. The molecule has 0 radical (unpaired) electrons. The normalized spacial score (nSPS) is 31.6. The lowest BCUT2D eigenvalue weighted by molar-refractivity contribution is -0.148. The predicted molar refractivity (Wildman–Crippen MR) is 98.4 cm³/mol. The van der Waals surface area contributed by atoms with Crippen LogP contribution in [-0.4, -0.2) is 55.0 Å². The van der Waals surface area contributed by atoms with Crippen molar-refractivity contribution in [3.05, 3.63) is 47.2 Å². The first-order valence-corrected chi connectivity index (χ1v) is 9.59. The van der Waals surface area contributed by atoms with Gasteiger partial charge in [-0.05, 0) is 37.4 Å². The predicted octanol–water partition coefficient (Wildman–Crippen LogP) is 3.12. The van der Waals surface area contributed by atoms with Crippen molar-refractivity contribution in [3.8, 4) is 0 Å². The smallest absolute Gasteiger partial charge is 0.338 e. The zero-order valence-electron chi connectivity index (χ0n) is 14.7. The third-order valence-corrected chi connectivity index (χ3v) is 6.35. The van der Waals surface area contributed by atoms with Gasteiger partial charge in [-0.2, -0.15) is 0 Å². The third kappa shape index (κ3) is 2.90. The van der Waals surface area contributed by atoms with Crippen molar-refractivity contribution in [2.75, 3.05) is 33.2 Å². The topological polar surface area (TPSA) is 32.8 Å². The van der Waals surface area contributed by atoms with Crippen LogP contribution in [0.1, 0.15) is 31.2 Å². The maximum atomic E-state index is 13.1. The number of hydrogen-bond donors (Lipinski definition) is 0. The molecule has 4 rings (SSSR count). The fraction of sp³-hybridized carbons (Fsp3) is 0.550. The molecule has 4 nitrogen and oxygen atoms in total. The van der Waals surface area contributed by atoms with Crippen LogP contribution in [0.5, 0.6) is 0 Å². The number of piperazine rings is 1. The van der Waals surface area contributed by atoms with Gasteiger partial charge in [-0.25, -0.2) is 4.79 Å². The molecule has 5 heteroatoms. The lowest BCUT2D eigenvalue weighted by Gasteiger charge is -2.48. The average molecular weight is 361 g/mol. The van der Waals surface area contributed by atoms with Gasteiger partial charge in [-0.3, -0.25) is 4.90 Å². The van der Waals surface area contributed by atoms with E-state index in [0.29, 0.717) is 0 Å². The summed E-state index contributed by atoms with van der Waals surface area (Å²) in [6.07, 6.45) is 4.05. The van der Waals surface area contributed by atoms with E-state index in [4.69, 9.17) is 16.3 Å². The van der Waals surface area contributed by atoms with Crippen molar-refractivity contribution in [2.45, 2.75) is 36.6 Å². The Bertz CT molecular complexity index is 682. The SMILES string of the molecule is CN1CCN([C@H]2C3=C(CCCC3)OC(=O)[C@]2(Cl)c2ccccc2)CC1. The van der Waals surface area contributed by atoms with Crippen LogP contribution in [0.15, 0.2) is 41.7 Å². The van der Waals surface area contributed by atoms with Crippen LogP contribution in [0.25, 0.3) is 0 Å². The number of hydrogen-bond acceptors (Lipinski definition) is 4. The molecule has 0 spiro atoms. The second-order valence-electron chi connectivity index (χ2n) is 7.36. The van der Waals surface area contributed by atoms with E-state index in [1.54, 1.807) is 0 Å². The number of esters is 1. The number of benzene rings is 1. The van der Waals surface area contributed by atoms with Crippen LogP contribution in [0.4, 0.5) is 0 Å². The van der Waals surface area contributed by atoms with E-state index in [1.807, 2.05) is 30.3 Å². The molecular weight excluding hydrogens is 336 g/mol. The summed E-state index contributed by atoms with van der Waals surface area (Å²) in [6, 6.07) is 9.63. The zero-order valence-corrected chi connectivity index (χ0v) is 15.5. The summed E-state index contributed by atoms with van der Waals surface area (Å²) in [6.45, 7) is 3.84. The number of likely N-dealkylation sites (N-methyl/N-ethyl adjacent to an activating group) is 1. The first-order valence-electron chi connectivity index (χ1n) is 9.22. The van der Waals surface area contributed by atoms with Gasteiger partial charge >= 0.3 is 5.97 Å². The Balaban J connectivity index is 1.80. The van der Waals surface area contributed by atoms with E-state index in [1.165, 1.54) is 5.57 Å². The number of carbonyl (C=O) groups is 1. The number of carbonyl (C=O) groups excluding carboxylic acids is 1. The van der Waals surface area contributed by atoms with Gasteiger partial charge in [0.05, 0.1) is 6.04 Å². The highest BCUT2D eigenvalue weighted by Crippen LogP contribution is 2.48. The van der Waals surface area contributed by atoms with E-state index in [2.05, 4.69) is 16.8 Å². The molecule has 1 aliphatic carbocycles. The molecule has 25 heavy (non-hydrogen) atoms. The summed E-state index contributed by atoms with van der Waals surface area (Å²) in [7, 11) is 2.14. The van der Waals surface area contributed by atoms with E-state index >= 15 is 0 Å². The van der Waals surface area contributed by atoms with E-state index < -0.39 is 4.87 Å². The molecule has 3 aliphatic rings. The number of allylic oxidation sites excluding steroid dienone is 1. The molecule has 0 aromatic heterocycles. The van der Waals surface area contributed by atoms with Gasteiger partial charge in [0.2, 0.25) is 0 Å². The molecule has 0 saturated carbocycles. The largest absolute Gasteiger partial charge is 0.429 e. The molecule has 2 heterocycles. The molecule has 134 valence electrons.